The molecule has 2 heterocycles. The summed E-state index contributed by atoms with van der Waals surface area (Å²) >= 11 is 3.47. The van der Waals surface area contributed by atoms with E-state index in [0.717, 1.165) is 42.8 Å². The van der Waals surface area contributed by atoms with Crippen molar-refractivity contribution in [3.05, 3.63) is 58.5 Å². The molecule has 0 unspecified atom stereocenters. The summed E-state index contributed by atoms with van der Waals surface area (Å²) in [7, 11) is 1.34. The maximum Gasteiger partial charge on any atom is 0.330 e. The second-order valence-electron chi connectivity index (χ2n) is 6.49. The van der Waals surface area contributed by atoms with Crippen LogP contribution in [0.4, 0.5) is 5.82 Å². The summed E-state index contributed by atoms with van der Waals surface area (Å²) in [4.78, 5) is 22.2. The van der Waals surface area contributed by atoms with Crippen LogP contribution in [0.2, 0.25) is 0 Å². The number of aromatic nitrogens is 2. The van der Waals surface area contributed by atoms with Crippen LogP contribution in [0, 0.1) is 0 Å². The molecule has 0 spiro atoms. The third-order valence-corrected chi connectivity index (χ3v) is 5.05. The highest BCUT2D eigenvalue weighted by Gasteiger charge is 2.22. The van der Waals surface area contributed by atoms with Gasteiger partial charge in [-0.15, -0.1) is 0 Å². The lowest BCUT2D eigenvalue weighted by atomic mass is 10.1. The highest BCUT2D eigenvalue weighted by molar-refractivity contribution is 9.10. The first-order valence-corrected chi connectivity index (χ1v) is 9.73. The van der Waals surface area contributed by atoms with Crippen molar-refractivity contribution in [1.82, 2.24) is 14.9 Å². The summed E-state index contributed by atoms with van der Waals surface area (Å²) in [6.07, 6.45) is 8.40. The number of carbonyl (C=O) groups excluding carboxylic acids is 1. The van der Waals surface area contributed by atoms with Crippen LogP contribution < -0.4 is 5.32 Å². The topological polar surface area (TPSA) is 67.3 Å². The molecule has 1 N–H and O–H groups in total. The van der Waals surface area contributed by atoms with Crippen molar-refractivity contribution in [1.29, 1.82) is 0 Å². The molecule has 1 aromatic heterocycles. The largest absolute Gasteiger partial charge is 0.466 e. The van der Waals surface area contributed by atoms with E-state index in [9.17, 15) is 4.79 Å². The average molecular weight is 431 g/mol. The van der Waals surface area contributed by atoms with Crippen LogP contribution in [0.1, 0.15) is 17.7 Å². The molecular weight excluding hydrogens is 408 g/mol. The number of nitrogens with zero attached hydrogens (tertiary/aromatic N) is 3. The molecule has 1 atom stereocenters. The third-order valence-electron chi connectivity index (χ3n) is 4.52. The van der Waals surface area contributed by atoms with E-state index < -0.39 is 5.97 Å². The second kappa shape index (κ2) is 9.62. The highest BCUT2D eigenvalue weighted by Crippen LogP contribution is 2.16. The summed E-state index contributed by atoms with van der Waals surface area (Å²) in [5.41, 5.74) is 1.98. The Balaban J connectivity index is 1.44. The second-order valence-corrected chi connectivity index (χ2v) is 7.41. The zero-order valence-corrected chi connectivity index (χ0v) is 16.9. The van der Waals surface area contributed by atoms with Crippen molar-refractivity contribution < 1.29 is 9.53 Å². The Labute approximate surface area is 167 Å². The van der Waals surface area contributed by atoms with Gasteiger partial charge in [0.25, 0.3) is 0 Å². The van der Waals surface area contributed by atoms with Gasteiger partial charge in [0.1, 0.15) is 5.82 Å². The molecule has 1 fully saturated rings. The van der Waals surface area contributed by atoms with Gasteiger partial charge in [-0.2, -0.15) is 0 Å². The van der Waals surface area contributed by atoms with E-state index >= 15 is 0 Å². The van der Waals surface area contributed by atoms with Crippen LogP contribution >= 0.6 is 15.9 Å². The predicted molar refractivity (Wildman–Crippen MR) is 109 cm³/mol. The molecule has 0 amide bonds. The van der Waals surface area contributed by atoms with E-state index in [1.165, 1.54) is 18.7 Å². The Bertz CT molecular complexity index is 778. The maximum atomic E-state index is 11.1. The number of methoxy groups -OCH3 is 1. The monoisotopic (exact) mass is 430 g/mol. The lowest BCUT2D eigenvalue weighted by molar-refractivity contribution is -0.134. The standard InChI is InChI=1S/C20H23BrN4O2/c1-27-20(26)7-6-17-12-23-19(13-22-17)24-18-9-11-25(14-18)10-8-15-2-4-16(21)5-3-15/h2-7,12-13,18H,8-11,14H2,1H3,(H,23,24)/t18-/m1/s1. The number of benzene rings is 1. The van der Waals surface area contributed by atoms with E-state index in [1.807, 2.05) is 0 Å². The zero-order valence-electron chi connectivity index (χ0n) is 15.3. The van der Waals surface area contributed by atoms with Crippen LogP contribution in [0.15, 0.2) is 47.2 Å². The van der Waals surface area contributed by atoms with Crippen LogP contribution in [0.3, 0.4) is 0 Å². The van der Waals surface area contributed by atoms with Crippen LogP contribution in [-0.2, 0) is 16.0 Å². The van der Waals surface area contributed by atoms with Gasteiger partial charge in [-0.25, -0.2) is 9.78 Å². The Hall–Kier alpha value is -2.25. The van der Waals surface area contributed by atoms with Crippen molar-refractivity contribution in [2.24, 2.45) is 0 Å². The van der Waals surface area contributed by atoms with Gasteiger partial charge >= 0.3 is 5.97 Å². The summed E-state index contributed by atoms with van der Waals surface area (Å²) < 4.78 is 5.67. The fraction of sp³-hybridized carbons (Fsp3) is 0.350. The van der Waals surface area contributed by atoms with Crippen LogP contribution in [0.5, 0.6) is 0 Å². The van der Waals surface area contributed by atoms with Gasteiger partial charge in [-0.3, -0.25) is 4.98 Å². The number of esters is 1. The summed E-state index contributed by atoms with van der Waals surface area (Å²) in [6, 6.07) is 8.89. The molecule has 2 aromatic rings. The number of hydrogen-bond acceptors (Lipinski definition) is 6. The minimum absolute atomic E-state index is 0.376. The van der Waals surface area contributed by atoms with E-state index in [0.29, 0.717) is 11.7 Å². The molecule has 1 aliphatic rings. The molecule has 3 rings (SSSR count). The van der Waals surface area contributed by atoms with E-state index in [2.05, 4.69) is 65.1 Å². The summed E-state index contributed by atoms with van der Waals surface area (Å²) in [5.74, 6) is 0.346. The summed E-state index contributed by atoms with van der Waals surface area (Å²) in [6.45, 7) is 3.15. The number of likely N-dealkylation sites (tertiary alicyclic amines) is 1. The summed E-state index contributed by atoms with van der Waals surface area (Å²) in [5, 5.41) is 3.44. The van der Waals surface area contributed by atoms with Crippen molar-refractivity contribution in [3.63, 3.8) is 0 Å². The first-order chi connectivity index (χ1) is 13.1. The lowest BCUT2D eigenvalue weighted by Crippen LogP contribution is -2.28. The Morgan fingerprint density at radius 2 is 2.15 bits per heavy atom. The number of nitrogens with one attached hydrogen (secondary N) is 1. The Morgan fingerprint density at radius 3 is 2.85 bits per heavy atom. The van der Waals surface area contributed by atoms with Gasteiger partial charge in [0.05, 0.1) is 25.2 Å². The van der Waals surface area contributed by atoms with Gasteiger partial charge < -0.3 is 15.0 Å². The Kier molecular flexibility index (Phi) is 6.95. The average Bonchev–Trinajstić information content (AvgIpc) is 3.14. The van der Waals surface area contributed by atoms with Crippen molar-refractivity contribution in [2.45, 2.75) is 18.9 Å². The number of anilines is 1. The fourth-order valence-electron chi connectivity index (χ4n) is 3.02. The maximum absolute atomic E-state index is 11.1. The predicted octanol–water partition coefficient (Wildman–Crippen LogP) is 3.15. The number of halogens is 1. The van der Waals surface area contributed by atoms with Crippen molar-refractivity contribution in [2.75, 3.05) is 32.1 Å². The van der Waals surface area contributed by atoms with Gasteiger partial charge in [0, 0.05) is 36.2 Å². The lowest BCUT2D eigenvalue weighted by Gasteiger charge is -2.17. The third kappa shape index (κ3) is 6.15. The number of rotatable bonds is 7. The number of ether oxygens (including phenoxy) is 1. The molecule has 27 heavy (non-hydrogen) atoms. The molecule has 7 heteroatoms. The van der Waals surface area contributed by atoms with Gasteiger partial charge in [-0.05, 0) is 36.6 Å². The quantitative estimate of drug-likeness (QED) is 0.537. The first-order valence-electron chi connectivity index (χ1n) is 8.94. The normalized spacial score (nSPS) is 17.3. The molecule has 0 radical (unpaired) electrons. The van der Waals surface area contributed by atoms with Gasteiger partial charge in [-0.1, -0.05) is 28.1 Å². The van der Waals surface area contributed by atoms with E-state index in [4.69, 9.17) is 0 Å². The molecule has 1 aliphatic heterocycles. The van der Waals surface area contributed by atoms with Crippen LogP contribution in [-0.4, -0.2) is 53.6 Å². The van der Waals surface area contributed by atoms with E-state index in [1.54, 1.807) is 18.5 Å². The van der Waals surface area contributed by atoms with Crippen molar-refractivity contribution >= 4 is 33.8 Å². The number of hydrogen-bond donors (Lipinski definition) is 1. The minimum atomic E-state index is -0.409. The minimum Gasteiger partial charge on any atom is -0.466 e. The molecule has 6 nitrogen and oxygen atoms in total. The van der Waals surface area contributed by atoms with Gasteiger partial charge in [0.15, 0.2) is 0 Å². The smallest absolute Gasteiger partial charge is 0.330 e. The molecule has 1 aromatic carbocycles. The molecule has 142 valence electrons. The Morgan fingerprint density at radius 1 is 1.33 bits per heavy atom. The van der Waals surface area contributed by atoms with Gasteiger partial charge in [0.2, 0.25) is 0 Å². The zero-order chi connectivity index (χ0) is 19.1. The molecule has 0 saturated carbocycles. The first kappa shape index (κ1) is 19.5. The fourth-order valence-corrected chi connectivity index (χ4v) is 3.29. The van der Waals surface area contributed by atoms with E-state index in [-0.39, 0.29) is 0 Å². The van der Waals surface area contributed by atoms with Crippen LogP contribution in [0.25, 0.3) is 6.08 Å². The highest BCUT2D eigenvalue weighted by atomic mass is 79.9. The molecule has 1 saturated heterocycles. The molecule has 0 aliphatic carbocycles. The number of carbonyl (C=O) groups is 1. The molecule has 0 bridgehead atoms. The SMILES string of the molecule is COC(=O)C=Cc1cnc(N[C@@H]2CCN(CCc3ccc(Br)cc3)C2)cn1. The van der Waals surface area contributed by atoms with Crippen molar-refractivity contribution in [3.8, 4) is 0 Å². The molecular formula is C20H23BrN4O2.